The van der Waals surface area contributed by atoms with E-state index in [1.54, 1.807) is 41.5 Å². The van der Waals surface area contributed by atoms with Gasteiger partial charge in [0, 0.05) is 25.1 Å². The lowest BCUT2D eigenvalue weighted by molar-refractivity contribution is -0.119. The van der Waals surface area contributed by atoms with Crippen LogP contribution in [0.15, 0.2) is 36.8 Å². The van der Waals surface area contributed by atoms with Gasteiger partial charge in [-0.3, -0.25) is 4.79 Å². The van der Waals surface area contributed by atoms with Gasteiger partial charge in [0.1, 0.15) is 0 Å². The minimum absolute atomic E-state index is 0.0734. The van der Waals surface area contributed by atoms with Crippen molar-refractivity contribution in [2.75, 3.05) is 11.9 Å². The Morgan fingerprint density at radius 1 is 1.45 bits per heavy atom. The van der Waals surface area contributed by atoms with Gasteiger partial charge in [0.25, 0.3) is 0 Å². The largest absolute Gasteiger partial charge is 0.330 e. The lowest BCUT2D eigenvalue weighted by Gasteiger charge is -2.15. The molecule has 6 nitrogen and oxygen atoms in total. The molecule has 0 spiro atoms. The lowest BCUT2D eigenvalue weighted by atomic mass is 10.0. The van der Waals surface area contributed by atoms with Crippen molar-refractivity contribution in [2.24, 2.45) is 11.7 Å². The van der Waals surface area contributed by atoms with Gasteiger partial charge in [0.15, 0.2) is 5.82 Å². The standard InChI is InChI=1S/C14H19N5O/c1-2-5-11(10-15)14(20)18-12-6-3-7-16-13(12)19-9-4-8-17-19/h3-4,6-9,11H,2,5,10,15H2,1H3,(H,18,20). The molecule has 0 aliphatic heterocycles. The molecular weight excluding hydrogens is 254 g/mol. The predicted molar refractivity (Wildman–Crippen MR) is 77.4 cm³/mol. The van der Waals surface area contributed by atoms with Gasteiger partial charge in [-0.05, 0) is 24.6 Å². The predicted octanol–water partition coefficient (Wildman–Crippen LogP) is 1.58. The Balaban J connectivity index is 2.19. The highest BCUT2D eigenvalue weighted by molar-refractivity contribution is 5.94. The van der Waals surface area contributed by atoms with Crippen LogP contribution in [-0.2, 0) is 4.79 Å². The first-order valence-corrected chi connectivity index (χ1v) is 6.72. The molecule has 0 saturated heterocycles. The number of nitrogens with zero attached hydrogens (tertiary/aromatic N) is 3. The van der Waals surface area contributed by atoms with Gasteiger partial charge in [0.2, 0.25) is 5.91 Å². The monoisotopic (exact) mass is 273 g/mol. The number of nitrogens with two attached hydrogens (primary N) is 1. The Morgan fingerprint density at radius 3 is 2.95 bits per heavy atom. The molecule has 2 aromatic rings. The lowest BCUT2D eigenvalue weighted by Crippen LogP contribution is -2.29. The topological polar surface area (TPSA) is 85.8 Å². The van der Waals surface area contributed by atoms with Crippen LogP contribution in [0, 0.1) is 5.92 Å². The number of pyridine rings is 1. The fraction of sp³-hybridized carbons (Fsp3) is 0.357. The highest BCUT2D eigenvalue weighted by Gasteiger charge is 2.17. The Labute approximate surface area is 118 Å². The minimum atomic E-state index is -0.175. The van der Waals surface area contributed by atoms with E-state index >= 15 is 0 Å². The number of nitrogens with one attached hydrogen (secondary N) is 1. The zero-order chi connectivity index (χ0) is 14.4. The summed E-state index contributed by atoms with van der Waals surface area (Å²) in [6, 6.07) is 5.39. The second kappa shape index (κ2) is 6.81. The fourth-order valence-corrected chi connectivity index (χ4v) is 2.01. The van der Waals surface area contributed by atoms with E-state index in [2.05, 4.69) is 15.4 Å². The van der Waals surface area contributed by atoms with Crippen molar-refractivity contribution in [3.8, 4) is 5.82 Å². The first-order valence-electron chi connectivity index (χ1n) is 6.72. The van der Waals surface area contributed by atoms with Crippen LogP contribution >= 0.6 is 0 Å². The van der Waals surface area contributed by atoms with Crippen LogP contribution in [0.2, 0.25) is 0 Å². The number of hydrogen-bond donors (Lipinski definition) is 2. The van der Waals surface area contributed by atoms with Crippen molar-refractivity contribution in [3.63, 3.8) is 0 Å². The number of carbonyl (C=O) groups excluding carboxylic acids is 1. The van der Waals surface area contributed by atoms with Gasteiger partial charge in [-0.15, -0.1) is 0 Å². The molecule has 3 N–H and O–H groups in total. The van der Waals surface area contributed by atoms with Gasteiger partial charge in [0.05, 0.1) is 11.6 Å². The van der Waals surface area contributed by atoms with Gasteiger partial charge in [-0.1, -0.05) is 13.3 Å². The van der Waals surface area contributed by atoms with Crippen molar-refractivity contribution < 1.29 is 4.79 Å². The summed E-state index contributed by atoms with van der Waals surface area (Å²) in [5.41, 5.74) is 6.29. The summed E-state index contributed by atoms with van der Waals surface area (Å²) >= 11 is 0. The molecule has 1 unspecified atom stereocenters. The summed E-state index contributed by atoms with van der Waals surface area (Å²) in [4.78, 5) is 16.5. The van der Waals surface area contributed by atoms with Gasteiger partial charge in [-0.25, -0.2) is 9.67 Å². The maximum Gasteiger partial charge on any atom is 0.228 e. The number of hydrogen-bond acceptors (Lipinski definition) is 4. The maximum atomic E-state index is 12.2. The Hall–Kier alpha value is -2.21. The average molecular weight is 273 g/mol. The van der Waals surface area contributed by atoms with E-state index in [0.29, 0.717) is 18.1 Å². The van der Waals surface area contributed by atoms with Crippen LogP contribution in [-0.4, -0.2) is 27.2 Å². The molecule has 0 saturated carbocycles. The van der Waals surface area contributed by atoms with Crippen molar-refractivity contribution >= 4 is 11.6 Å². The second-order valence-corrected chi connectivity index (χ2v) is 4.54. The Kier molecular flexibility index (Phi) is 4.84. The number of carbonyl (C=O) groups is 1. The zero-order valence-corrected chi connectivity index (χ0v) is 11.5. The normalized spacial score (nSPS) is 12.1. The summed E-state index contributed by atoms with van der Waals surface area (Å²) in [6.45, 7) is 2.38. The molecule has 106 valence electrons. The van der Waals surface area contributed by atoms with Crippen LogP contribution < -0.4 is 11.1 Å². The summed E-state index contributed by atoms with van der Waals surface area (Å²) in [6.07, 6.45) is 6.82. The number of amides is 1. The average Bonchev–Trinajstić information content (AvgIpc) is 2.99. The van der Waals surface area contributed by atoms with Crippen molar-refractivity contribution in [1.29, 1.82) is 0 Å². The molecular formula is C14H19N5O. The van der Waals surface area contributed by atoms with E-state index in [1.165, 1.54) is 0 Å². The van der Waals surface area contributed by atoms with Crippen LogP contribution in [0.25, 0.3) is 5.82 Å². The van der Waals surface area contributed by atoms with E-state index in [9.17, 15) is 4.79 Å². The van der Waals surface area contributed by atoms with E-state index < -0.39 is 0 Å². The smallest absolute Gasteiger partial charge is 0.228 e. The first-order chi connectivity index (χ1) is 9.76. The van der Waals surface area contributed by atoms with Crippen LogP contribution in [0.4, 0.5) is 5.69 Å². The third-order valence-corrected chi connectivity index (χ3v) is 3.06. The molecule has 0 bridgehead atoms. The molecule has 0 aliphatic rings. The van der Waals surface area contributed by atoms with E-state index in [-0.39, 0.29) is 11.8 Å². The highest BCUT2D eigenvalue weighted by atomic mass is 16.1. The van der Waals surface area contributed by atoms with Crippen molar-refractivity contribution in [3.05, 3.63) is 36.8 Å². The minimum Gasteiger partial charge on any atom is -0.330 e. The van der Waals surface area contributed by atoms with Crippen LogP contribution in [0.3, 0.4) is 0 Å². The summed E-state index contributed by atoms with van der Waals surface area (Å²) in [7, 11) is 0. The molecule has 1 amide bonds. The molecule has 1 atom stereocenters. The molecule has 2 heterocycles. The Morgan fingerprint density at radius 2 is 2.30 bits per heavy atom. The summed E-state index contributed by atoms with van der Waals surface area (Å²) in [5.74, 6) is 0.347. The highest BCUT2D eigenvalue weighted by Crippen LogP contribution is 2.18. The molecule has 6 heteroatoms. The molecule has 0 radical (unpaired) electrons. The number of rotatable bonds is 6. The second-order valence-electron chi connectivity index (χ2n) is 4.54. The van der Waals surface area contributed by atoms with Gasteiger partial charge < -0.3 is 11.1 Å². The Bertz CT molecular complexity index is 552. The quantitative estimate of drug-likeness (QED) is 0.836. The van der Waals surface area contributed by atoms with E-state index in [1.807, 2.05) is 6.92 Å². The molecule has 20 heavy (non-hydrogen) atoms. The third-order valence-electron chi connectivity index (χ3n) is 3.06. The molecule has 0 aliphatic carbocycles. The summed E-state index contributed by atoms with van der Waals surface area (Å²) in [5, 5.41) is 7.03. The van der Waals surface area contributed by atoms with Crippen LogP contribution in [0.5, 0.6) is 0 Å². The number of anilines is 1. The first kappa shape index (κ1) is 14.2. The summed E-state index contributed by atoms with van der Waals surface area (Å²) < 4.78 is 1.62. The van der Waals surface area contributed by atoms with Crippen molar-refractivity contribution in [2.45, 2.75) is 19.8 Å². The number of aromatic nitrogens is 3. The van der Waals surface area contributed by atoms with Crippen molar-refractivity contribution in [1.82, 2.24) is 14.8 Å². The molecule has 0 fully saturated rings. The molecule has 0 aromatic carbocycles. The van der Waals surface area contributed by atoms with Gasteiger partial charge >= 0.3 is 0 Å². The van der Waals surface area contributed by atoms with E-state index in [4.69, 9.17) is 5.73 Å². The fourth-order valence-electron chi connectivity index (χ4n) is 2.01. The maximum absolute atomic E-state index is 12.2. The van der Waals surface area contributed by atoms with E-state index in [0.717, 1.165) is 12.8 Å². The zero-order valence-electron chi connectivity index (χ0n) is 11.5. The molecule has 2 rings (SSSR count). The molecule has 2 aromatic heterocycles. The van der Waals surface area contributed by atoms with Gasteiger partial charge in [-0.2, -0.15) is 5.10 Å². The van der Waals surface area contributed by atoms with Crippen LogP contribution in [0.1, 0.15) is 19.8 Å². The SMILES string of the molecule is CCCC(CN)C(=O)Nc1cccnc1-n1cccn1. The third kappa shape index (κ3) is 3.21.